The summed E-state index contributed by atoms with van der Waals surface area (Å²) in [4.78, 5) is 35.7. The summed E-state index contributed by atoms with van der Waals surface area (Å²) in [6.45, 7) is 1.67. The van der Waals surface area contributed by atoms with Crippen LogP contribution in [0.4, 0.5) is 20.6 Å². The van der Waals surface area contributed by atoms with Gasteiger partial charge in [0.2, 0.25) is 5.91 Å². The lowest BCUT2D eigenvalue weighted by atomic mass is 10.0. The van der Waals surface area contributed by atoms with Gasteiger partial charge in [-0.1, -0.05) is 42.5 Å². The number of rotatable bonds is 8. The number of aryl methyl sites for hydroxylation is 1. The minimum atomic E-state index is -1.04. The molecule has 1 atom stereocenters. The zero-order chi connectivity index (χ0) is 23.8. The molecule has 0 aromatic heterocycles. The lowest BCUT2D eigenvalue weighted by Gasteiger charge is -2.19. The molecule has 3 aromatic rings. The van der Waals surface area contributed by atoms with Crippen LogP contribution in [0.25, 0.3) is 0 Å². The first-order chi connectivity index (χ1) is 15.8. The molecule has 8 nitrogen and oxygen atoms in total. The maximum Gasteiger partial charge on any atom is 0.408 e. The summed E-state index contributed by atoms with van der Waals surface area (Å²) in [6.07, 6.45) is -0.735. The van der Waals surface area contributed by atoms with Crippen LogP contribution in [0.1, 0.15) is 16.7 Å². The minimum Gasteiger partial charge on any atom is -0.445 e. The van der Waals surface area contributed by atoms with Gasteiger partial charge in [-0.2, -0.15) is 0 Å². The number of nitrogens with one attached hydrogen (secondary N) is 2. The van der Waals surface area contributed by atoms with Crippen molar-refractivity contribution < 1.29 is 23.6 Å². The number of ether oxygens (including phenoxy) is 1. The van der Waals surface area contributed by atoms with E-state index in [1.165, 1.54) is 42.5 Å². The first kappa shape index (κ1) is 23.4. The number of carbonyl (C=O) groups excluding carboxylic acids is 2. The van der Waals surface area contributed by atoms with Gasteiger partial charge in [0.05, 0.1) is 4.92 Å². The van der Waals surface area contributed by atoms with Gasteiger partial charge in [-0.25, -0.2) is 9.18 Å². The van der Waals surface area contributed by atoms with E-state index >= 15 is 0 Å². The largest absolute Gasteiger partial charge is 0.445 e. The monoisotopic (exact) mass is 451 g/mol. The number of hydrogen-bond acceptors (Lipinski definition) is 5. The Morgan fingerprint density at radius 1 is 1.03 bits per heavy atom. The summed E-state index contributed by atoms with van der Waals surface area (Å²) < 4.78 is 18.6. The van der Waals surface area contributed by atoms with E-state index in [9.17, 15) is 24.1 Å². The molecule has 2 N–H and O–H groups in total. The van der Waals surface area contributed by atoms with E-state index in [1.807, 2.05) is 18.2 Å². The number of hydrogen-bond donors (Lipinski definition) is 2. The summed E-state index contributed by atoms with van der Waals surface area (Å²) in [6, 6.07) is 17.6. The normalized spacial score (nSPS) is 11.3. The van der Waals surface area contributed by atoms with E-state index in [0.29, 0.717) is 16.8 Å². The predicted molar refractivity (Wildman–Crippen MR) is 120 cm³/mol. The van der Waals surface area contributed by atoms with Crippen LogP contribution in [0.3, 0.4) is 0 Å². The van der Waals surface area contributed by atoms with Gasteiger partial charge in [0, 0.05) is 24.2 Å². The van der Waals surface area contributed by atoms with Crippen molar-refractivity contribution >= 4 is 23.4 Å². The Labute approximate surface area is 189 Å². The Hall–Kier alpha value is -4.27. The quantitative estimate of drug-likeness (QED) is 0.387. The number of alkyl carbamates (subject to hydrolysis) is 1. The highest BCUT2D eigenvalue weighted by Gasteiger charge is 2.23. The molecule has 0 fully saturated rings. The molecule has 0 bridgehead atoms. The smallest absolute Gasteiger partial charge is 0.408 e. The zero-order valence-corrected chi connectivity index (χ0v) is 17.8. The molecule has 33 heavy (non-hydrogen) atoms. The van der Waals surface area contributed by atoms with Crippen molar-refractivity contribution in [3.8, 4) is 0 Å². The Morgan fingerprint density at radius 3 is 2.36 bits per heavy atom. The second-order valence-electron chi connectivity index (χ2n) is 7.33. The number of nitro groups is 1. The molecule has 9 heteroatoms. The molecule has 0 saturated carbocycles. The van der Waals surface area contributed by atoms with Crippen molar-refractivity contribution in [2.45, 2.75) is 26.0 Å². The first-order valence-corrected chi connectivity index (χ1v) is 10.1. The minimum absolute atomic E-state index is 0.0234. The Balaban J connectivity index is 1.73. The van der Waals surface area contributed by atoms with Crippen molar-refractivity contribution in [1.82, 2.24) is 5.32 Å². The standard InChI is InChI=1S/C24H22FN3O5/c1-16-13-19(25)9-12-21(16)26-23(29)22(14-17-7-10-20(11-8-17)28(31)32)27-24(30)33-15-18-5-3-2-4-6-18/h2-13,22H,14-15H2,1H3,(H,26,29)(H,27,30)/t22-/m1/s1. The van der Waals surface area contributed by atoms with Crippen LogP contribution in [0, 0.1) is 22.9 Å². The number of carbonyl (C=O) groups is 2. The van der Waals surface area contributed by atoms with Gasteiger partial charge in [0.1, 0.15) is 18.5 Å². The molecule has 0 saturated heterocycles. The second kappa shape index (κ2) is 10.9. The number of non-ortho nitro benzene ring substituents is 1. The summed E-state index contributed by atoms with van der Waals surface area (Å²) in [5.41, 5.74) is 2.21. The number of benzene rings is 3. The number of halogens is 1. The lowest BCUT2D eigenvalue weighted by Crippen LogP contribution is -2.45. The third-order valence-electron chi connectivity index (χ3n) is 4.85. The summed E-state index contributed by atoms with van der Waals surface area (Å²) in [5.74, 6) is -0.977. The molecule has 3 rings (SSSR count). The molecule has 0 aliphatic rings. The van der Waals surface area contributed by atoms with Gasteiger partial charge < -0.3 is 15.4 Å². The average molecular weight is 451 g/mol. The molecular formula is C24H22FN3O5. The molecule has 3 aromatic carbocycles. The summed E-state index contributed by atoms with van der Waals surface area (Å²) in [7, 11) is 0. The van der Waals surface area contributed by atoms with Crippen LogP contribution in [0.15, 0.2) is 72.8 Å². The van der Waals surface area contributed by atoms with E-state index in [1.54, 1.807) is 19.1 Å². The van der Waals surface area contributed by atoms with Gasteiger partial charge in [0.25, 0.3) is 5.69 Å². The number of nitro benzene ring substituents is 1. The molecule has 0 radical (unpaired) electrons. The van der Waals surface area contributed by atoms with Gasteiger partial charge >= 0.3 is 6.09 Å². The van der Waals surface area contributed by atoms with E-state index in [4.69, 9.17) is 4.74 Å². The topological polar surface area (TPSA) is 111 Å². The van der Waals surface area contributed by atoms with Crippen molar-refractivity contribution in [3.63, 3.8) is 0 Å². The molecule has 0 heterocycles. The third-order valence-corrected chi connectivity index (χ3v) is 4.85. The molecule has 0 unspecified atom stereocenters. The van der Waals surface area contributed by atoms with Crippen LogP contribution in [0.2, 0.25) is 0 Å². The zero-order valence-electron chi connectivity index (χ0n) is 17.8. The third kappa shape index (κ3) is 6.86. The van der Waals surface area contributed by atoms with Crippen LogP contribution in [-0.2, 0) is 22.6 Å². The summed E-state index contributed by atoms with van der Waals surface area (Å²) in [5, 5.41) is 16.1. The fraction of sp³-hybridized carbons (Fsp3) is 0.167. The molecule has 0 aliphatic carbocycles. The molecular weight excluding hydrogens is 429 g/mol. The van der Waals surface area contributed by atoms with Crippen molar-refractivity contribution in [2.24, 2.45) is 0 Å². The van der Waals surface area contributed by atoms with Gasteiger partial charge in [-0.15, -0.1) is 0 Å². The molecule has 2 amide bonds. The van der Waals surface area contributed by atoms with E-state index in [-0.39, 0.29) is 18.7 Å². The molecule has 170 valence electrons. The molecule has 0 spiro atoms. The summed E-state index contributed by atoms with van der Waals surface area (Å²) >= 11 is 0. The highest BCUT2D eigenvalue weighted by molar-refractivity contribution is 5.97. The first-order valence-electron chi connectivity index (χ1n) is 10.1. The molecule has 0 aliphatic heterocycles. The van der Waals surface area contributed by atoms with Crippen LogP contribution in [-0.4, -0.2) is 23.0 Å². The van der Waals surface area contributed by atoms with Gasteiger partial charge in [-0.3, -0.25) is 14.9 Å². The fourth-order valence-corrected chi connectivity index (χ4v) is 3.09. The van der Waals surface area contributed by atoms with E-state index < -0.39 is 28.8 Å². The fourth-order valence-electron chi connectivity index (χ4n) is 3.09. The van der Waals surface area contributed by atoms with Crippen LogP contribution in [0.5, 0.6) is 0 Å². The number of amides is 2. The van der Waals surface area contributed by atoms with Crippen molar-refractivity contribution in [3.05, 3.63) is 105 Å². The number of nitrogens with zero attached hydrogens (tertiary/aromatic N) is 1. The average Bonchev–Trinajstić information content (AvgIpc) is 2.80. The van der Waals surface area contributed by atoms with Crippen molar-refractivity contribution in [2.75, 3.05) is 5.32 Å². The van der Waals surface area contributed by atoms with Crippen LogP contribution < -0.4 is 10.6 Å². The van der Waals surface area contributed by atoms with E-state index in [0.717, 1.165) is 5.56 Å². The van der Waals surface area contributed by atoms with Gasteiger partial charge in [0.15, 0.2) is 0 Å². The maximum atomic E-state index is 13.4. The maximum absolute atomic E-state index is 13.4. The Kier molecular flexibility index (Phi) is 7.69. The highest BCUT2D eigenvalue weighted by atomic mass is 19.1. The van der Waals surface area contributed by atoms with Crippen LogP contribution >= 0.6 is 0 Å². The SMILES string of the molecule is Cc1cc(F)ccc1NC(=O)[C@@H](Cc1ccc([N+](=O)[O-])cc1)NC(=O)OCc1ccccc1. The lowest BCUT2D eigenvalue weighted by molar-refractivity contribution is -0.384. The highest BCUT2D eigenvalue weighted by Crippen LogP contribution is 2.18. The number of anilines is 1. The Bertz CT molecular complexity index is 1140. The Morgan fingerprint density at radius 2 is 1.73 bits per heavy atom. The van der Waals surface area contributed by atoms with Gasteiger partial charge in [-0.05, 0) is 41.8 Å². The van der Waals surface area contributed by atoms with E-state index in [2.05, 4.69) is 10.6 Å². The second-order valence-corrected chi connectivity index (χ2v) is 7.33. The predicted octanol–water partition coefficient (Wildman–Crippen LogP) is 4.52. The van der Waals surface area contributed by atoms with Crippen molar-refractivity contribution in [1.29, 1.82) is 0 Å².